The first-order chi connectivity index (χ1) is 8.05. The molecule has 0 radical (unpaired) electrons. The van der Waals surface area contributed by atoms with Crippen LogP contribution in [-0.4, -0.2) is 12.1 Å². The molecule has 1 aromatic rings. The molecule has 17 heavy (non-hydrogen) atoms. The summed E-state index contributed by atoms with van der Waals surface area (Å²) in [5.41, 5.74) is 6.17. The molecule has 0 heterocycles. The number of nitrogens with zero attached hydrogens (tertiary/aromatic N) is 1. The van der Waals surface area contributed by atoms with Crippen LogP contribution in [-0.2, 0) is 0 Å². The number of aryl methyl sites for hydroxylation is 1. The Morgan fingerprint density at radius 2 is 2.06 bits per heavy atom. The molecule has 3 heteroatoms. The van der Waals surface area contributed by atoms with Gasteiger partial charge in [0, 0.05) is 0 Å². The Hall–Kier alpha value is -1.53. The van der Waals surface area contributed by atoms with Gasteiger partial charge in [0.2, 0.25) is 0 Å². The van der Waals surface area contributed by atoms with E-state index in [0.717, 1.165) is 24.2 Å². The molecule has 1 rings (SSSR count). The lowest BCUT2D eigenvalue weighted by molar-refractivity contribution is 0.299. The normalized spacial score (nSPS) is 13.8. The number of para-hydroxylation sites is 1. The lowest BCUT2D eigenvalue weighted by Gasteiger charge is -2.14. The molecule has 3 nitrogen and oxygen atoms in total. The molecule has 0 saturated heterocycles. The van der Waals surface area contributed by atoms with Crippen LogP contribution in [0.5, 0.6) is 5.75 Å². The van der Waals surface area contributed by atoms with Crippen molar-refractivity contribution in [3.8, 4) is 11.8 Å². The molecule has 0 saturated carbocycles. The van der Waals surface area contributed by atoms with Gasteiger partial charge in [-0.25, -0.2) is 0 Å². The van der Waals surface area contributed by atoms with Crippen LogP contribution in [0, 0.1) is 18.3 Å². The van der Waals surface area contributed by atoms with Crippen LogP contribution < -0.4 is 10.5 Å². The summed E-state index contributed by atoms with van der Waals surface area (Å²) in [6.45, 7) is 4.46. The van der Waals surface area contributed by atoms with E-state index in [9.17, 15) is 0 Å². The van der Waals surface area contributed by atoms with E-state index in [-0.39, 0.29) is 0 Å². The molecule has 0 aliphatic rings. The van der Waals surface area contributed by atoms with E-state index in [4.69, 9.17) is 15.7 Å². The van der Waals surface area contributed by atoms with Gasteiger partial charge in [-0.3, -0.25) is 0 Å². The fraction of sp³-hybridized carbons (Fsp3) is 0.500. The van der Waals surface area contributed by atoms with Crippen LogP contribution in [0.3, 0.4) is 0 Å². The Morgan fingerprint density at radius 1 is 1.35 bits per heavy atom. The van der Waals surface area contributed by atoms with Gasteiger partial charge in [0.1, 0.15) is 11.3 Å². The van der Waals surface area contributed by atoms with E-state index in [2.05, 4.69) is 6.07 Å². The van der Waals surface area contributed by atoms with Crippen molar-refractivity contribution in [1.29, 1.82) is 5.26 Å². The van der Waals surface area contributed by atoms with Crippen LogP contribution in [0.15, 0.2) is 24.3 Å². The number of unbranched alkanes of at least 4 members (excludes halogenated alkanes) is 1. The van der Waals surface area contributed by atoms with E-state index < -0.39 is 5.54 Å². The second-order valence-electron chi connectivity index (χ2n) is 4.60. The summed E-state index contributed by atoms with van der Waals surface area (Å²) in [7, 11) is 0. The Kier molecular flexibility index (Phi) is 4.99. The summed E-state index contributed by atoms with van der Waals surface area (Å²) in [5.74, 6) is 0.934. The predicted molar refractivity (Wildman–Crippen MR) is 68.7 cm³/mol. The lowest BCUT2D eigenvalue weighted by atomic mass is 9.98. The average Bonchev–Trinajstić information content (AvgIpc) is 2.31. The van der Waals surface area contributed by atoms with Crippen molar-refractivity contribution in [3.63, 3.8) is 0 Å². The first-order valence-electron chi connectivity index (χ1n) is 5.94. The van der Waals surface area contributed by atoms with Gasteiger partial charge in [0.25, 0.3) is 0 Å². The predicted octanol–water partition coefficient (Wildman–Crippen LogP) is 2.79. The molecule has 1 aromatic carbocycles. The topological polar surface area (TPSA) is 59.0 Å². The van der Waals surface area contributed by atoms with Crippen molar-refractivity contribution >= 4 is 0 Å². The van der Waals surface area contributed by atoms with Gasteiger partial charge in [0.05, 0.1) is 12.7 Å². The zero-order valence-corrected chi connectivity index (χ0v) is 10.6. The SMILES string of the molecule is Cc1ccccc1OCCCCC(C)(N)C#N. The Bertz CT molecular complexity index is 393. The van der Waals surface area contributed by atoms with Crippen LogP contribution in [0.4, 0.5) is 0 Å². The van der Waals surface area contributed by atoms with Gasteiger partial charge in [-0.15, -0.1) is 0 Å². The standard InChI is InChI=1S/C14H20N2O/c1-12-7-3-4-8-13(12)17-10-6-5-9-14(2,16)11-15/h3-4,7-8H,5-6,9-10,16H2,1-2H3. The molecule has 0 aliphatic heterocycles. The quantitative estimate of drug-likeness (QED) is 0.767. The summed E-state index contributed by atoms with van der Waals surface area (Å²) in [6.07, 6.45) is 2.54. The van der Waals surface area contributed by atoms with E-state index >= 15 is 0 Å². The largest absolute Gasteiger partial charge is 0.493 e. The van der Waals surface area contributed by atoms with Gasteiger partial charge >= 0.3 is 0 Å². The van der Waals surface area contributed by atoms with Crippen molar-refractivity contribution in [2.45, 2.75) is 38.6 Å². The second-order valence-corrected chi connectivity index (χ2v) is 4.60. The van der Waals surface area contributed by atoms with Gasteiger partial charge in [-0.1, -0.05) is 18.2 Å². The summed E-state index contributed by atoms with van der Waals surface area (Å²) in [5, 5.41) is 8.76. The summed E-state index contributed by atoms with van der Waals surface area (Å²) >= 11 is 0. The molecule has 0 aliphatic carbocycles. The third-order valence-electron chi connectivity index (χ3n) is 2.70. The van der Waals surface area contributed by atoms with Crippen LogP contribution in [0.25, 0.3) is 0 Å². The maximum absolute atomic E-state index is 8.76. The van der Waals surface area contributed by atoms with Crippen LogP contribution in [0.2, 0.25) is 0 Å². The van der Waals surface area contributed by atoms with Crippen molar-refractivity contribution in [1.82, 2.24) is 0 Å². The maximum atomic E-state index is 8.76. The fourth-order valence-corrected chi connectivity index (χ4v) is 1.55. The molecule has 0 bridgehead atoms. The van der Waals surface area contributed by atoms with Gasteiger partial charge in [-0.2, -0.15) is 5.26 Å². The molecule has 0 spiro atoms. The first-order valence-corrected chi connectivity index (χ1v) is 5.94. The Balaban J connectivity index is 2.22. The zero-order valence-electron chi connectivity index (χ0n) is 10.6. The van der Waals surface area contributed by atoms with E-state index in [1.165, 1.54) is 0 Å². The highest BCUT2D eigenvalue weighted by Crippen LogP contribution is 2.17. The fourth-order valence-electron chi connectivity index (χ4n) is 1.55. The highest BCUT2D eigenvalue weighted by molar-refractivity contribution is 5.31. The molecular formula is C14H20N2O. The third kappa shape index (κ3) is 4.88. The number of nitrogens with two attached hydrogens (primary N) is 1. The number of rotatable bonds is 6. The smallest absolute Gasteiger partial charge is 0.122 e. The van der Waals surface area contributed by atoms with Crippen molar-refractivity contribution in [2.24, 2.45) is 5.73 Å². The van der Waals surface area contributed by atoms with Crippen molar-refractivity contribution < 1.29 is 4.74 Å². The molecule has 0 aromatic heterocycles. The lowest BCUT2D eigenvalue weighted by Crippen LogP contribution is -2.33. The van der Waals surface area contributed by atoms with Gasteiger partial charge < -0.3 is 10.5 Å². The number of nitriles is 1. The molecule has 1 atom stereocenters. The molecular weight excluding hydrogens is 212 g/mol. The number of hydrogen-bond donors (Lipinski definition) is 1. The first kappa shape index (κ1) is 13.5. The molecule has 1 unspecified atom stereocenters. The Morgan fingerprint density at radius 3 is 2.71 bits per heavy atom. The monoisotopic (exact) mass is 232 g/mol. The average molecular weight is 232 g/mol. The van der Waals surface area contributed by atoms with Gasteiger partial charge in [0.15, 0.2) is 0 Å². The highest BCUT2D eigenvalue weighted by atomic mass is 16.5. The summed E-state index contributed by atoms with van der Waals surface area (Å²) < 4.78 is 5.66. The number of benzene rings is 1. The highest BCUT2D eigenvalue weighted by Gasteiger charge is 2.15. The van der Waals surface area contributed by atoms with E-state index in [1.807, 2.05) is 31.2 Å². The molecule has 0 amide bonds. The third-order valence-corrected chi connectivity index (χ3v) is 2.70. The second kappa shape index (κ2) is 6.27. The van der Waals surface area contributed by atoms with E-state index in [1.54, 1.807) is 6.92 Å². The maximum Gasteiger partial charge on any atom is 0.122 e. The summed E-state index contributed by atoms with van der Waals surface area (Å²) in [4.78, 5) is 0. The zero-order chi connectivity index (χ0) is 12.7. The minimum absolute atomic E-state index is 0.673. The number of hydrogen-bond acceptors (Lipinski definition) is 3. The van der Waals surface area contributed by atoms with Crippen molar-refractivity contribution in [3.05, 3.63) is 29.8 Å². The number of ether oxygens (including phenoxy) is 1. The minimum atomic E-state index is -0.706. The molecule has 92 valence electrons. The van der Waals surface area contributed by atoms with E-state index in [0.29, 0.717) is 13.0 Å². The van der Waals surface area contributed by atoms with Crippen molar-refractivity contribution in [2.75, 3.05) is 6.61 Å². The van der Waals surface area contributed by atoms with Crippen LogP contribution in [0.1, 0.15) is 31.7 Å². The van der Waals surface area contributed by atoms with Crippen LogP contribution >= 0.6 is 0 Å². The summed E-state index contributed by atoms with van der Waals surface area (Å²) in [6, 6.07) is 10.1. The molecule has 2 N–H and O–H groups in total. The minimum Gasteiger partial charge on any atom is -0.493 e. The molecule has 0 fully saturated rings. The Labute approximate surface area is 103 Å². The van der Waals surface area contributed by atoms with Gasteiger partial charge in [-0.05, 0) is 44.7 Å².